The van der Waals surface area contributed by atoms with Gasteiger partial charge in [0.25, 0.3) is 0 Å². The summed E-state index contributed by atoms with van der Waals surface area (Å²) in [6, 6.07) is 4.68. The predicted octanol–water partition coefficient (Wildman–Crippen LogP) is 2.69. The normalized spacial score (nSPS) is 20.1. The Kier molecular flexibility index (Phi) is 15.0. The zero-order chi connectivity index (χ0) is 31.4. The second-order valence-electron chi connectivity index (χ2n) is 11.8. The molecule has 1 saturated heterocycles. The number of nitrogens with one attached hydrogen (secondary N) is 4. The number of hydrogen-bond donors (Lipinski definition) is 5. The summed E-state index contributed by atoms with van der Waals surface area (Å²) in [4.78, 5) is 52.9. The van der Waals surface area contributed by atoms with E-state index in [0.29, 0.717) is 12.8 Å². The van der Waals surface area contributed by atoms with Crippen molar-refractivity contribution in [3.63, 3.8) is 0 Å². The SMILES string of the molecule is CSC[C@H](NC(=O)[C@H](Cc1ccc(I)cc1)NC(=O)[C@@H]1CCCN1)C(=O)N[C@@H](CC1CCCCC1)[C@@H](O)C(=O)OC(C)C. The van der Waals surface area contributed by atoms with Crippen LogP contribution in [0.4, 0.5) is 0 Å². The molecule has 2 aliphatic rings. The minimum atomic E-state index is -1.52. The first-order chi connectivity index (χ1) is 20.6. The molecule has 1 aromatic rings. The number of halogens is 1. The standard InChI is InChI=1S/C31H47IN4O6S/c1-19(2)42-31(41)27(37)24(16-20-8-5-4-6-9-20)34-30(40)26(18-43-3)36-29(39)25(17-21-11-13-22(32)14-12-21)35-28(38)23-10-7-15-33-23/h11-14,19-20,23-27,33,37H,4-10,15-18H2,1-3H3,(H,34,40)(H,35,38)(H,36,39)/t23-,24-,25-,26-,27+/m0/s1. The molecule has 2 fully saturated rings. The van der Waals surface area contributed by atoms with Crippen LogP contribution in [0.3, 0.4) is 0 Å². The van der Waals surface area contributed by atoms with Crippen LogP contribution in [-0.2, 0) is 30.3 Å². The maximum absolute atomic E-state index is 13.7. The molecule has 5 N–H and O–H groups in total. The van der Waals surface area contributed by atoms with Crippen LogP contribution >= 0.6 is 34.4 Å². The van der Waals surface area contributed by atoms with Crippen LogP contribution in [0.25, 0.3) is 0 Å². The Morgan fingerprint density at radius 3 is 2.26 bits per heavy atom. The lowest BCUT2D eigenvalue weighted by molar-refractivity contribution is -0.159. The van der Waals surface area contributed by atoms with E-state index in [0.717, 1.165) is 54.2 Å². The van der Waals surface area contributed by atoms with E-state index >= 15 is 0 Å². The molecule has 10 nitrogen and oxygen atoms in total. The van der Waals surface area contributed by atoms with Crippen molar-refractivity contribution in [2.45, 2.75) is 108 Å². The second kappa shape index (κ2) is 18.2. The van der Waals surface area contributed by atoms with Gasteiger partial charge in [-0.05, 0) is 92.1 Å². The molecule has 5 atom stereocenters. The van der Waals surface area contributed by atoms with Crippen molar-refractivity contribution < 1.29 is 29.0 Å². The zero-order valence-corrected chi connectivity index (χ0v) is 28.4. The molecule has 43 heavy (non-hydrogen) atoms. The molecule has 1 aliphatic heterocycles. The lowest BCUT2D eigenvalue weighted by Gasteiger charge is -2.31. The second-order valence-corrected chi connectivity index (χ2v) is 14.0. The molecule has 1 aliphatic carbocycles. The van der Waals surface area contributed by atoms with Gasteiger partial charge in [-0.1, -0.05) is 44.2 Å². The van der Waals surface area contributed by atoms with Gasteiger partial charge in [-0.3, -0.25) is 14.4 Å². The van der Waals surface area contributed by atoms with Crippen molar-refractivity contribution in [3.05, 3.63) is 33.4 Å². The van der Waals surface area contributed by atoms with E-state index in [-0.39, 0.29) is 30.0 Å². The number of ether oxygens (including phenoxy) is 1. The fraction of sp³-hybridized carbons (Fsp3) is 0.677. The van der Waals surface area contributed by atoms with E-state index < -0.39 is 48.1 Å². The third kappa shape index (κ3) is 11.8. The van der Waals surface area contributed by atoms with Crippen molar-refractivity contribution in [1.82, 2.24) is 21.3 Å². The first kappa shape index (κ1) is 35.6. The lowest BCUT2D eigenvalue weighted by atomic mass is 9.83. The predicted molar refractivity (Wildman–Crippen MR) is 176 cm³/mol. The van der Waals surface area contributed by atoms with Gasteiger partial charge in [0.15, 0.2) is 6.10 Å². The van der Waals surface area contributed by atoms with Gasteiger partial charge < -0.3 is 31.1 Å². The Labute approximate surface area is 273 Å². The van der Waals surface area contributed by atoms with Gasteiger partial charge in [-0.15, -0.1) is 0 Å². The van der Waals surface area contributed by atoms with Gasteiger partial charge >= 0.3 is 5.97 Å². The van der Waals surface area contributed by atoms with Crippen LogP contribution in [-0.4, -0.2) is 83.7 Å². The van der Waals surface area contributed by atoms with Gasteiger partial charge in [0.1, 0.15) is 12.1 Å². The fourth-order valence-corrected chi connectivity index (χ4v) is 6.59. The highest BCUT2D eigenvalue weighted by Crippen LogP contribution is 2.28. The molecule has 240 valence electrons. The monoisotopic (exact) mass is 730 g/mol. The van der Waals surface area contributed by atoms with Crippen LogP contribution in [0, 0.1) is 9.49 Å². The first-order valence-corrected chi connectivity index (χ1v) is 17.8. The number of carbonyl (C=O) groups is 4. The summed E-state index contributed by atoms with van der Waals surface area (Å²) in [5, 5.41) is 22.7. The molecule has 3 rings (SSSR count). The van der Waals surface area contributed by atoms with Crippen molar-refractivity contribution in [1.29, 1.82) is 0 Å². The minimum absolute atomic E-state index is 0.242. The largest absolute Gasteiger partial charge is 0.461 e. The smallest absolute Gasteiger partial charge is 0.337 e. The highest BCUT2D eigenvalue weighted by atomic mass is 127. The maximum Gasteiger partial charge on any atom is 0.337 e. The maximum atomic E-state index is 13.7. The summed E-state index contributed by atoms with van der Waals surface area (Å²) < 4.78 is 6.31. The number of aliphatic hydroxyl groups excluding tert-OH is 1. The van der Waals surface area contributed by atoms with E-state index in [4.69, 9.17) is 4.74 Å². The van der Waals surface area contributed by atoms with Gasteiger partial charge in [-0.25, -0.2) is 4.79 Å². The molecule has 0 bridgehead atoms. The molecule has 0 radical (unpaired) electrons. The number of thioether (sulfide) groups is 1. The summed E-state index contributed by atoms with van der Waals surface area (Å²) in [5.74, 6) is -1.43. The van der Waals surface area contributed by atoms with E-state index in [2.05, 4.69) is 43.9 Å². The van der Waals surface area contributed by atoms with Crippen LogP contribution in [0.1, 0.15) is 70.8 Å². The Hall–Kier alpha value is -1.90. The molecular formula is C31H47IN4O6S. The number of benzene rings is 1. The van der Waals surface area contributed by atoms with E-state index in [1.54, 1.807) is 13.8 Å². The summed E-state index contributed by atoms with van der Waals surface area (Å²) >= 11 is 3.60. The molecule has 1 saturated carbocycles. The van der Waals surface area contributed by atoms with E-state index in [1.807, 2.05) is 30.5 Å². The van der Waals surface area contributed by atoms with Gasteiger partial charge in [-0.2, -0.15) is 11.8 Å². The topological polar surface area (TPSA) is 146 Å². The molecule has 12 heteroatoms. The Balaban J connectivity index is 1.75. The summed E-state index contributed by atoms with van der Waals surface area (Å²) in [6.07, 6.45) is 7.45. The number of amides is 3. The van der Waals surface area contributed by atoms with Crippen molar-refractivity contribution in [2.75, 3.05) is 18.6 Å². The van der Waals surface area contributed by atoms with Crippen LogP contribution < -0.4 is 21.3 Å². The van der Waals surface area contributed by atoms with Crippen molar-refractivity contribution >= 4 is 58.0 Å². The Bertz CT molecular complexity index is 1060. The number of esters is 1. The number of carbonyl (C=O) groups excluding carboxylic acids is 4. The Morgan fingerprint density at radius 2 is 1.65 bits per heavy atom. The number of hydrogen-bond acceptors (Lipinski definition) is 8. The van der Waals surface area contributed by atoms with Crippen LogP contribution in [0.2, 0.25) is 0 Å². The van der Waals surface area contributed by atoms with Crippen molar-refractivity contribution in [2.24, 2.45) is 5.92 Å². The third-order valence-electron chi connectivity index (χ3n) is 7.94. The molecule has 0 unspecified atom stereocenters. The minimum Gasteiger partial charge on any atom is -0.461 e. The van der Waals surface area contributed by atoms with Crippen LogP contribution in [0.15, 0.2) is 24.3 Å². The highest BCUT2D eigenvalue weighted by Gasteiger charge is 2.35. The van der Waals surface area contributed by atoms with Gasteiger partial charge in [0, 0.05) is 15.7 Å². The van der Waals surface area contributed by atoms with E-state index in [1.165, 1.54) is 11.8 Å². The summed E-state index contributed by atoms with van der Waals surface area (Å²) in [6.45, 7) is 4.16. The molecule has 0 spiro atoms. The average molecular weight is 731 g/mol. The lowest BCUT2D eigenvalue weighted by Crippen LogP contribution is -2.59. The number of aliphatic hydroxyl groups is 1. The van der Waals surface area contributed by atoms with Crippen LogP contribution in [0.5, 0.6) is 0 Å². The highest BCUT2D eigenvalue weighted by molar-refractivity contribution is 14.1. The zero-order valence-electron chi connectivity index (χ0n) is 25.4. The fourth-order valence-electron chi connectivity index (χ4n) is 5.67. The quantitative estimate of drug-likeness (QED) is 0.137. The molecule has 0 aromatic heterocycles. The summed E-state index contributed by atoms with van der Waals surface area (Å²) in [5.41, 5.74) is 0.880. The molecule has 3 amide bonds. The number of rotatable bonds is 15. The first-order valence-electron chi connectivity index (χ1n) is 15.3. The molecular weight excluding hydrogens is 683 g/mol. The average Bonchev–Trinajstić information content (AvgIpc) is 3.52. The Morgan fingerprint density at radius 1 is 0.977 bits per heavy atom. The van der Waals surface area contributed by atoms with E-state index in [9.17, 15) is 24.3 Å². The van der Waals surface area contributed by atoms with Crippen molar-refractivity contribution in [3.8, 4) is 0 Å². The van der Waals surface area contributed by atoms with Gasteiger partial charge in [0.2, 0.25) is 17.7 Å². The molecule has 1 heterocycles. The third-order valence-corrected chi connectivity index (χ3v) is 9.33. The molecule has 1 aromatic carbocycles. The summed E-state index contributed by atoms with van der Waals surface area (Å²) in [7, 11) is 0. The van der Waals surface area contributed by atoms with Gasteiger partial charge in [0.05, 0.1) is 18.2 Å².